The van der Waals surface area contributed by atoms with Gasteiger partial charge in [-0.2, -0.15) is 0 Å². The lowest BCUT2D eigenvalue weighted by Gasteiger charge is -2.37. The van der Waals surface area contributed by atoms with Crippen molar-refractivity contribution in [2.45, 2.75) is 13.8 Å². The monoisotopic (exact) mass is 375 g/mol. The van der Waals surface area contributed by atoms with Gasteiger partial charge in [0.15, 0.2) is 6.42 Å². The van der Waals surface area contributed by atoms with Crippen LogP contribution in [0.15, 0.2) is 60.7 Å². The van der Waals surface area contributed by atoms with Crippen LogP contribution >= 0.6 is 18.2 Å². The van der Waals surface area contributed by atoms with Crippen LogP contribution in [0, 0.1) is 0 Å². The molecule has 2 aromatic carbocycles. The Balaban J connectivity index is 2.09. The van der Waals surface area contributed by atoms with E-state index in [-0.39, 0.29) is 0 Å². The third kappa shape index (κ3) is 3.62. The van der Waals surface area contributed by atoms with Crippen LogP contribution in [-0.2, 0) is 16.3 Å². The van der Waals surface area contributed by atoms with Gasteiger partial charge in [0.2, 0.25) is 0 Å². The van der Waals surface area contributed by atoms with Crippen molar-refractivity contribution in [1.29, 1.82) is 0 Å². The Morgan fingerprint density at radius 1 is 0.958 bits per heavy atom. The molecule has 2 nitrogen and oxygen atoms in total. The smallest absolute Gasteiger partial charge is 0.191 e. The van der Waals surface area contributed by atoms with Gasteiger partial charge in [0.05, 0.1) is 10.4 Å². The molecule has 0 aromatic heterocycles. The Morgan fingerprint density at radius 3 is 2.04 bits per heavy atom. The molecule has 0 radical (unpaired) electrons. The molecule has 1 atom stereocenters. The maximum atomic E-state index is 6.58. The first kappa shape index (κ1) is 17.8. The standard InChI is InChI=1S/C19H22NOPS2/c1-3-20(4-2)22(23)15-24-19(17-13-9-6-10-14-17)18(21-22)16-11-7-5-8-12-16/h5-14H,3-4,15H2,1-2H3. The van der Waals surface area contributed by atoms with E-state index in [1.165, 1.54) is 10.5 Å². The summed E-state index contributed by atoms with van der Waals surface area (Å²) in [5.41, 5.74) is 3.15. The quantitative estimate of drug-likeness (QED) is 0.604. The molecular formula is C19H22NOPS2. The van der Waals surface area contributed by atoms with Crippen molar-refractivity contribution in [1.82, 2.24) is 4.67 Å². The molecule has 5 heteroatoms. The van der Waals surface area contributed by atoms with E-state index in [4.69, 9.17) is 16.3 Å². The predicted octanol–water partition coefficient (Wildman–Crippen LogP) is 5.88. The molecule has 2 aromatic rings. The summed E-state index contributed by atoms with van der Waals surface area (Å²) in [6.45, 7) is 6.17. The van der Waals surface area contributed by atoms with E-state index in [0.717, 1.165) is 29.9 Å². The number of nitrogens with zero attached hydrogens (tertiary/aromatic N) is 1. The summed E-state index contributed by atoms with van der Waals surface area (Å²) in [7, 11) is 0. The number of hydrogen-bond donors (Lipinski definition) is 0. The molecule has 24 heavy (non-hydrogen) atoms. The van der Waals surface area contributed by atoms with Crippen LogP contribution in [0.1, 0.15) is 25.0 Å². The SMILES string of the molecule is CCN(CC)P1(=S)CSC(c2ccccc2)=C(c2ccccc2)O1. The molecule has 1 unspecified atom stereocenters. The minimum atomic E-state index is -2.03. The van der Waals surface area contributed by atoms with Gasteiger partial charge in [-0.15, -0.1) is 11.8 Å². The zero-order valence-electron chi connectivity index (χ0n) is 14.0. The summed E-state index contributed by atoms with van der Waals surface area (Å²) in [5, 5.41) is 0. The van der Waals surface area contributed by atoms with E-state index in [0.29, 0.717) is 0 Å². The van der Waals surface area contributed by atoms with Gasteiger partial charge in [0, 0.05) is 18.7 Å². The summed E-state index contributed by atoms with van der Waals surface area (Å²) in [5.74, 6) is 0.938. The highest BCUT2D eigenvalue weighted by molar-refractivity contribution is 8.22. The molecule has 0 saturated heterocycles. The van der Waals surface area contributed by atoms with Crippen LogP contribution in [0.4, 0.5) is 0 Å². The lowest BCUT2D eigenvalue weighted by atomic mass is 10.1. The first-order chi connectivity index (χ1) is 11.7. The van der Waals surface area contributed by atoms with E-state index >= 15 is 0 Å². The molecule has 0 bridgehead atoms. The lowest BCUT2D eigenvalue weighted by molar-refractivity contribution is 0.432. The van der Waals surface area contributed by atoms with Gasteiger partial charge in [-0.1, -0.05) is 74.5 Å². The van der Waals surface area contributed by atoms with Crippen molar-refractivity contribution >= 4 is 40.6 Å². The summed E-state index contributed by atoms with van der Waals surface area (Å²) in [6, 6.07) is 20.8. The van der Waals surface area contributed by atoms with Crippen molar-refractivity contribution < 1.29 is 4.52 Å². The molecule has 1 aliphatic rings. The predicted molar refractivity (Wildman–Crippen MR) is 110 cm³/mol. The summed E-state index contributed by atoms with van der Waals surface area (Å²) in [4.78, 5) is 1.19. The molecule has 1 heterocycles. The highest BCUT2D eigenvalue weighted by atomic mass is 32.5. The molecule has 0 spiro atoms. The maximum Gasteiger partial charge on any atom is 0.191 e. The van der Waals surface area contributed by atoms with Gasteiger partial charge >= 0.3 is 0 Å². The van der Waals surface area contributed by atoms with Crippen LogP contribution in [0.25, 0.3) is 10.7 Å². The third-order valence-corrected chi connectivity index (χ3v) is 10.3. The minimum Gasteiger partial charge on any atom is -0.450 e. The average Bonchev–Trinajstić information content (AvgIpc) is 2.64. The fourth-order valence-electron chi connectivity index (χ4n) is 2.79. The van der Waals surface area contributed by atoms with Gasteiger partial charge < -0.3 is 4.52 Å². The molecule has 0 aliphatic carbocycles. The Bertz CT molecular complexity index is 757. The van der Waals surface area contributed by atoms with E-state index in [1.54, 1.807) is 0 Å². The van der Waals surface area contributed by atoms with E-state index in [1.807, 2.05) is 23.9 Å². The Kier molecular flexibility index (Phi) is 5.83. The summed E-state index contributed by atoms with van der Waals surface area (Å²) >= 11 is 7.86. The normalized spacial score (nSPS) is 21.0. The first-order valence-corrected chi connectivity index (χ1v) is 12.0. The minimum absolute atomic E-state index is 0.852. The van der Waals surface area contributed by atoms with Crippen molar-refractivity contribution in [2.24, 2.45) is 0 Å². The van der Waals surface area contributed by atoms with Crippen LogP contribution in [0.2, 0.25) is 0 Å². The Morgan fingerprint density at radius 2 is 1.50 bits per heavy atom. The molecule has 0 fully saturated rings. The second kappa shape index (κ2) is 7.88. The first-order valence-electron chi connectivity index (χ1n) is 8.20. The highest BCUT2D eigenvalue weighted by Crippen LogP contribution is 2.63. The molecule has 126 valence electrons. The fourth-order valence-corrected chi connectivity index (χ4v) is 8.33. The van der Waals surface area contributed by atoms with Crippen LogP contribution in [-0.4, -0.2) is 23.3 Å². The van der Waals surface area contributed by atoms with E-state index < -0.39 is 6.42 Å². The number of hydrogen-bond acceptors (Lipinski definition) is 3. The van der Waals surface area contributed by atoms with Gasteiger partial charge in [0.25, 0.3) is 0 Å². The Labute approximate surface area is 154 Å². The lowest BCUT2D eigenvalue weighted by Crippen LogP contribution is -2.23. The van der Waals surface area contributed by atoms with Crippen LogP contribution < -0.4 is 0 Å². The second-order valence-electron chi connectivity index (χ2n) is 5.53. The van der Waals surface area contributed by atoms with Crippen LogP contribution in [0.3, 0.4) is 0 Å². The van der Waals surface area contributed by atoms with E-state index in [9.17, 15) is 0 Å². The second-order valence-corrected chi connectivity index (χ2v) is 11.0. The molecule has 3 rings (SSSR count). The Hall–Kier alpha value is -1.06. The van der Waals surface area contributed by atoms with Crippen molar-refractivity contribution in [3.05, 3.63) is 71.8 Å². The van der Waals surface area contributed by atoms with Gasteiger partial charge in [-0.3, -0.25) is 0 Å². The number of benzene rings is 2. The van der Waals surface area contributed by atoms with E-state index in [2.05, 4.69) is 67.0 Å². The van der Waals surface area contributed by atoms with Crippen molar-refractivity contribution in [3.63, 3.8) is 0 Å². The average molecular weight is 375 g/mol. The van der Waals surface area contributed by atoms with Gasteiger partial charge in [-0.05, 0) is 17.4 Å². The topological polar surface area (TPSA) is 12.5 Å². The molecule has 0 saturated carbocycles. The molecule has 1 aliphatic heterocycles. The number of thioether (sulfide) groups is 1. The van der Waals surface area contributed by atoms with Crippen molar-refractivity contribution in [3.8, 4) is 0 Å². The molecule has 0 N–H and O–H groups in total. The molecular weight excluding hydrogens is 353 g/mol. The summed E-state index contributed by atoms with van der Waals surface area (Å²) in [6.07, 6.45) is -2.03. The zero-order chi connectivity index (χ0) is 17.0. The highest BCUT2D eigenvalue weighted by Gasteiger charge is 2.34. The summed E-state index contributed by atoms with van der Waals surface area (Å²) < 4.78 is 8.90. The molecule has 0 amide bonds. The fraction of sp³-hybridized carbons (Fsp3) is 0.263. The van der Waals surface area contributed by atoms with Crippen LogP contribution in [0.5, 0.6) is 0 Å². The van der Waals surface area contributed by atoms with Crippen molar-refractivity contribution in [2.75, 3.05) is 18.6 Å². The zero-order valence-corrected chi connectivity index (χ0v) is 16.5. The number of rotatable bonds is 5. The van der Waals surface area contributed by atoms with Gasteiger partial charge in [-0.25, -0.2) is 4.67 Å². The maximum absolute atomic E-state index is 6.58. The van der Waals surface area contributed by atoms with Gasteiger partial charge in [0.1, 0.15) is 5.76 Å². The largest absolute Gasteiger partial charge is 0.450 e. The third-order valence-electron chi connectivity index (χ3n) is 4.05.